The van der Waals surface area contributed by atoms with Gasteiger partial charge in [0.05, 0.1) is 28.5 Å². The average Bonchev–Trinajstić information content (AvgIpc) is 3.43. The Morgan fingerprint density at radius 3 is 2.67 bits per heavy atom. The van der Waals surface area contributed by atoms with Gasteiger partial charge in [0.2, 0.25) is 0 Å². The quantitative estimate of drug-likeness (QED) is 0.316. The number of nitrogens with zero attached hydrogens (tertiary/aromatic N) is 2. The molecule has 0 saturated carbocycles. The van der Waals surface area contributed by atoms with E-state index in [2.05, 4.69) is 20.9 Å². The predicted octanol–water partition coefficient (Wildman–Crippen LogP) is 5.13. The van der Waals surface area contributed by atoms with Gasteiger partial charge in [-0.2, -0.15) is 0 Å². The first-order valence-corrected chi connectivity index (χ1v) is 13.1. The minimum absolute atomic E-state index is 0.236. The number of halogens is 1. The summed E-state index contributed by atoms with van der Waals surface area (Å²) >= 11 is 4.87. The van der Waals surface area contributed by atoms with Crippen molar-refractivity contribution in [2.24, 2.45) is 4.99 Å². The van der Waals surface area contributed by atoms with Crippen LogP contribution in [0.15, 0.2) is 90.6 Å². The molecule has 0 bridgehead atoms. The standard InChI is InChI=1S/C28H23BrN2O4S/c1-4-34-27(33)24-17(3)30-28-31(25(24)18-8-6-5-7-9-18)26(32)23(36-28)15-19-11-13-22(35-19)20-12-10-16(2)14-21(20)29/h5-15,25H,4H2,1-3H3/b23-15-/t25-/m0/s1. The molecule has 0 aliphatic carbocycles. The molecule has 182 valence electrons. The summed E-state index contributed by atoms with van der Waals surface area (Å²) in [6.07, 6.45) is 1.72. The molecule has 2 aromatic carbocycles. The number of hydrogen-bond donors (Lipinski definition) is 0. The molecule has 1 aliphatic heterocycles. The van der Waals surface area contributed by atoms with Gasteiger partial charge in [0.15, 0.2) is 4.80 Å². The Hall–Kier alpha value is -3.49. The lowest BCUT2D eigenvalue weighted by molar-refractivity contribution is -0.139. The Morgan fingerprint density at radius 2 is 1.94 bits per heavy atom. The molecule has 0 amide bonds. The minimum atomic E-state index is -0.626. The number of thiazole rings is 1. The van der Waals surface area contributed by atoms with E-state index < -0.39 is 12.0 Å². The number of aryl methyl sites for hydroxylation is 1. The van der Waals surface area contributed by atoms with E-state index in [1.807, 2.05) is 67.6 Å². The van der Waals surface area contributed by atoms with Gasteiger partial charge in [-0.3, -0.25) is 9.36 Å². The first-order valence-electron chi connectivity index (χ1n) is 11.5. The molecular weight excluding hydrogens is 540 g/mol. The molecule has 6 nitrogen and oxygen atoms in total. The van der Waals surface area contributed by atoms with E-state index in [4.69, 9.17) is 9.15 Å². The summed E-state index contributed by atoms with van der Waals surface area (Å²) in [7, 11) is 0. The molecule has 0 unspecified atom stereocenters. The highest BCUT2D eigenvalue weighted by Gasteiger charge is 2.33. The Morgan fingerprint density at radius 1 is 1.17 bits per heavy atom. The van der Waals surface area contributed by atoms with Gasteiger partial charge in [0, 0.05) is 16.1 Å². The van der Waals surface area contributed by atoms with E-state index in [0.717, 1.165) is 21.2 Å². The number of hydrogen-bond acceptors (Lipinski definition) is 6. The summed E-state index contributed by atoms with van der Waals surface area (Å²) in [5.74, 6) is 0.782. The van der Waals surface area contributed by atoms with Crippen LogP contribution in [-0.2, 0) is 9.53 Å². The number of ether oxygens (including phenoxy) is 1. The molecular formula is C28H23BrN2O4S. The Kier molecular flexibility index (Phi) is 6.64. The number of allylic oxidation sites excluding steroid dienone is 1. The SMILES string of the molecule is CCOC(=O)C1=C(C)N=c2s/c(=C\c3ccc(-c4ccc(C)cc4Br)o3)c(=O)n2[C@H]1c1ccccc1. The van der Waals surface area contributed by atoms with Crippen molar-refractivity contribution in [2.45, 2.75) is 26.8 Å². The first kappa shape index (κ1) is 24.2. The summed E-state index contributed by atoms with van der Waals surface area (Å²) in [6.45, 7) is 5.80. The summed E-state index contributed by atoms with van der Waals surface area (Å²) < 4.78 is 14.4. The topological polar surface area (TPSA) is 73.8 Å². The number of aromatic nitrogens is 1. The number of carbonyl (C=O) groups is 1. The zero-order valence-corrected chi connectivity index (χ0v) is 22.4. The second-order valence-corrected chi connectivity index (χ2v) is 10.3. The van der Waals surface area contributed by atoms with E-state index >= 15 is 0 Å². The third kappa shape index (κ3) is 4.42. The van der Waals surface area contributed by atoms with Crippen molar-refractivity contribution in [1.29, 1.82) is 0 Å². The van der Waals surface area contributed by atoms with Crippen molar-refractivity contribution in [3.8, 4) is 11.3 Å². The normalized spacial score (nSPS) is 15.6. The van der Waals surface area contributed by atoms with Crippen LogP contribution in [0.25, 0.3) is 17.4 Å². The van der Waals surface area contributed by atoms with Gasteiger partial charge in [-0.15, -0.1) is 0 Å². The van der Waals surface area contributed by atoms with Crippen LogP contribution in [0, 0.1) is 6.92 Å². The van der Waals surface area contributed by atoms with Crippen LogP contribution in [0.1, 0.15) is 36.8 Å². The van der Waals surface area contributed by atoms with Gasteiger partial charge >= 0.3 is 5.97 Å². The number of furan rings is 1. The summed E-state index contributed by atoms with van der Waals surface area (Å²) in [4.78, 5) is 31.7. The zero-order chi connectivity index (χ0) is 25.4. The number of benzene rings is 2. The van der Waals surface area contributed by atoms with Gasteiger partial charge < -0.3 is 9.15 Å². The second kappa shape index (κ2) is 9.87. The second-order valence-electron chi connectivity index (χ2n) is 8.40. The maximum Gasteiger partial charge on any atom is 0.338 e. The maximum atomic E-state index is 13.7. The lowest BCUT2D eigenvalue weighted by Gasteiger charge is -2.24. The van der Waals surface area contributed by atoms with Gasteiger partial charge in [0.1, 0.15) is 11.5 Å². The Bertz CT molecular complexity index is 1680. The fraction of sp³-hybridized carbons (Fsp3) is 0.179. The lowest BCUT2D eigenvalue weighted by Crippen LogP contribution is -2.39. The third-order valence-corrected chi connectivity index (χ3v) is 7.56. The number of rotatable bonds is 5. The molecule has 0 saturated heterocycles. The van der Waals surface area contributed by atoms with Crippen LogP contribution in [0.2, 0.25) is 0 Å². The van der Waals surface area contributed by atoms with Crippen molar-refractivity contribution in [2.75, 3.05) is 6.61 Å². The van der Waals surface area contributed by atoms with E-state index in [0.29, 0.717) is 32.1 Å². The van der Waals surface area contributed by atoms with Gasteiger partial charge in [0.25, 0.3) is 5.56 Å². The largest absolute Gasteiger partial charge is 0.463 e. The van der Waals surface area contributed by atoms with Crippen molar-refractivity contribution in [3.05, 3.63) is 113 Å². The number of carbonyl (C=O) groups excluding carboxylic acids is 1. The molecule has 3 heterocycles. The monoisotopic (exact) mass is 562 g/mol. The maximum absolute atomic E-state index is 13.7. The van der Waals surface area contributed by atoms with Crippen LogP contribution in [0.5, 0.6) is 0 Å². The molecule has 0 fully saturated rings. The summed E-state index contributed by atoms with van der Waals surface area (Å²) in [5, 5.41) is 0. The van der Waals surface area contributed by atoms with E-state index in [1.54, 1.807) is 24.5 Å². The van der Waals surface area contributed by atoms with Crippen molar-refractivity contribution in [1.82, 2.24) is 4.57 Å². The van der Waals surface area contributed by atoms with Crippen molar-refractivity contribution < 1.29 is 13.9 Å². The van der Waals surface area contributed by atoms with Crippen LogP contribution >= 0.6 is 27.3 Å². The lowest BCUT2D eigenvalue weighted by atomic mass is 9.96. The van der Waals surface area contributed by atoms with Crippen molar-refractivity contribution >= 4 is 39.3 Å². The predicted molar refractivity (Wildman–Crippen MR) is 143 cm³/mol. The molecule has 36 heavy (non-hydrogen) atoms. The molecule has 4 aromatic rings. The molecule has 1 atom stereocenters. The summed E-state index contributed by atoms with van der Waals surface area (Å²) in [5.41, 5.74) is 3.55. The zero-order valence-electron chi connectivity index (χ0n) is 19.9. The third-order valence-electron chi connectivity index (χ3n) is 5.92. The molecule has 0 spiro atoms. The minimum Gasteiger partial charge on any atom is -0.463 e. The smallest absolute Gasteiger partial charge is 0.338 e. The van der Waals surface area contributed by atoms with E-state index in [1.165, 1.54) is 11.3 Å². The molecule has 2 aromatic heterocycles. The number of esters is 1. The van der Waals surface area contributed by atoms with Gasteiger partial charge in [-0.1, -0.05) is 63.7 Å². The Labute approximate surface area is 220 Å². The van der Waals surface area contributed by atoms with Crippen molar-refractivity contribution in [3.63, 3.8) is 0 Å². The fourth-order valence-electron chi connectivity index (χ4n) is 4.27. The molecule has 0 radical (unpaired) electrons. The highest BCUT2D eigenvalue weighted by atomic mass is 79.9. The van der Waals surface area contributed by atoms with Gasteiger partial charge in [-0.05, 0) is 56.2 Å². The molecule has 0 N–H and O–H groups in total. The molecule has 5 rings (SSSR count). The van der Waals surface area contributed by atoms with Crippen LogP contribution < -0.4 is 14.9 Å². The van der Waals surface area contributed by atoms with E-state index in [9.17, 15) is 9.59 Å². The average molecular weight is 563 g/mol. The van der Waals surface area contributed by atoms with Gasteiger partial charge in [-0.25, -0.2) is 9.79 Å². The highest BCUT2D eigenvalue weighted by Crippen LogP contribution is 2.32. The molecule has 1 aliphatic rings. The first-order chi connectivity index (χ1) is 17.4. The van der Waals surface area contributed by atoms with Crippen LogP contribution in [0.4, 0.5) is 0 Å². The van der Waals surface area contributed by atoms with Crippen LogP contribution in [0.3, 0.4) is 0 Å². The number of fused-ring (bicyclic) bond motifs is 1. The highest BCUT2D eigenvalue weighted by molar-refractivity contribution is 9.10. The molecule has 8 heteroatoms. The Balaban J connectivity index is 1.63. The summed E-state index contributed by atoms with van der Waals surface area (Å²) in [6, 6.07) is 18.6. The fourth-order valence-corrected chi connectivity index (χ4v) is 5.98. The van der Waals surface area contributed by atoms with E-state index in [-0.39, 0.29) is 12.2 Å². The van der Waals surface area contributed by atoms with Crippen LogP contribution in [-0.4, -0.2) is 17.1 Å².